The van der Waals surface area contributed by atoms with Gasteiger partial charge in [0.2, 0.25) is 0 Å². The van der Waals surface area contributed by atoms with Gasteiger partial charge in [-0.05, 0) is 10.8 Å². The van der Waals surface area contributed by atoms with E-state index in [4.69, 9.17) is 0 Å². The molecule has 1 heteroatoms. The second-order valence-electron chi connectivity index (χ2n) is 2.76. The molecule has 2 aromatic carbocycles. The Morgan fingerprint density at radius 3 is 1.15 bits per heavy atom. The van der Waals surface area contributed by atoms with Crippen LogP contribution in [-0.2, 0) is 4.74 Å². The highest BCUT2D eigenvalue weighted by Gasteiger charge is 1.85. The van der Waals surface area contributed by atoms with Crippen LogP contribution in [0.3, 0.4) is 0 Å². The van der Waals surface area contributed by atoms with Crippen molar-refractivity contribution in [2.24, 2.45) is 0 Å². The maximum absolute atomic E-state index is 4.25. The molecule has 1 aliphatic heterocycles. The summed E-state index contributed by atoms with van der Waals surface area (Å²) in [6.45, 7) is 0. The molecule has 0 amide bonds. The zero-order valence-corrected chi connectivity index (χ0v) is 7.18. The summed E-state index contributed by atoms with van der Waals surface area (Å²) in [5, 5.41) is 2.62. The van der Waals surface area contributed by atoms with Crippen molar-refractivity contribution in [3.8, 4) is 0 Å². The molecule has 0 saturated heterocycles. The Morgan fingerprint density at radius 1 is 0.615 bits per heavy atom. The van der Waals surface area contributed by atoms with Gasteiger partial charge in [0.25, 0.3) is 0 Å². The van der Waals surface area contributed by atoms with E-state index in [2.05, 4.69) is 53.3 Å². The minimum Gasteiger partial charge on any atom is -0.466 e. The van der Waals surface area contributed by atoms with Crippen molar-refractivity contribution in [3.63, 3.8) is 0 Å². The number of ether oxygens (including phenoxy) is 1. The summed E-state index contributed by atoms with van der Waals surface area (Å²) in [6, 6.07) is 16.7. The first-order valence-corrected chi connectivity index (χ1v) is 4.21. The molecule has 13 heavy (non-hydrogen) atoms. The SMILES string of the molecule is C1=CO1.c1ccc2ccccc2c1. The summed E-state index contributed by atoms with van der Waals surface area (Å²) in [6.07, 6.45) is 3.25. The monoisotopic (exact) mass is 170 g/mol. The van der Waals surface area contributed by atoms with E-state index in [0.29, 0.717) is 0 Å². The third-order valence-electron chi connectivity index (χ3n) is 1.79. The van der Waals surface area contributed by atoms with Gasteiger partial charge in [0, 0.05) is 0 Å². The van der Waals surface area contributed by atoms with E-state index >= 15 is 0 Å². The summed E-state index contributed by atoms with van der Waals surface area (Å²) in [5.74, 6) is 0. The van der Waals surface area contributed by atoms with E-state index < -0.39 is 0 Å². The van der Waals surface area contributed by atoms with Crippen LogP contribution in [-0.4, -0.2) is 0 Å². The van der Waals surface area contributed by atoms with Crippen molar-refractivity contribution < 1.29 is 4.74 Å². The minimum atomic E-state index is 1.31. The van der Waals surface area contributed by atoms with Crippen LogP contribution < -0.4 is 0 Å². The summed E-state index contributed by atoms with van der Waals surface area (Å²) in [7, 11) is 0. The van der Waals surface area contributed by atoms with E-state index in [1.807, 2.05) is 0 Å². The van der Waals surface area contributed by atoms with E-state index in [1.54, 1.807) is 12.5 Å². The number of hydrogen-bond acceptors (Lipinski definition) is 1. The van der Waals surface area contributed by atoms with Crippen LogP contribution in [0, 0.1) is 0 Å². The van der Waals surface area contributed by atoms with Crippen LogP contribution in [0.4, 0.5) is 0 Å². The Kier molecular flexibility index (Phi) is 2.28. The van der Waals surface area contributed by atoms with E-state index in [-0.39, 0.29) is 0 Å². The normalized spacial score (nSPS) is 11.4. The van der Waals surface area contributed by atoms with Crippen LogP contribution in [0.1, 0.15) is 0 Å². The summed E-state index contributed by atoms with van der Waals surface area (Å²) >= 11 is 0. The Hall–Kier alpha value is -1.76. The van der Waals surface area contributed by atoms with Gasteiger partial charge in [0.05, 0.1) is 0 Å². The summed E-state index contributed by atoms with van der Waals surface area (Å²) in [5.41, 5.74) is 0. The molecule has 0 atom stereocenters. The lowest BCUT2D eigenvalue weighted by Gasteiger charge is -1.92. The maximum atomic E-state index is 4.25. The van der Waals surface area contributed by atoms with Gasteiger partial charge < -0.3 is 4.74 Å². The molecule has 1 aliphatic rings. The van der Waals surface area contributed by atoms with Gasteiger partial charge in [-0.1, -0.05) is 48.5 Å². The molecule has 0 aliphatic carbocycles. The fraction of sp³-hybridized carbons (Fsp3) is 0. The lowest BCUT2D eigenvalue weighted by Crippen LogP contribution is -1.67. The van der Waals surface area contributed by atoms with E-state index in [0.717, 1.165) is 0 Å². The molecule has 0 spiro atoms. The van der Waals surface area contributed by atoms with Crippen molar-refractivity contribution in [1.82, 2.24) is 0 Å². The zero-order valence-electron chi connectivity index (χ0n) is 7.18. The minimum absolute atomic E-state index is 1.31. The second-order valence-corrected chi connectivity index (χ2v) is 2.76. The fourth-order valence-corrected chi connectivity index (χ4v) is 1.13. The lowest BCUT2D eigenvalue weighted by molar-refractivity contribution is 0.541. The van der Waals surface area contributed by atoms with Crippen LogP contribution in [0.25, 0.3) is 10.8 Å². The van der Waals surface area contributed by atoms with Gasteiger partial charge in [-0.25, -0.2) is 0 Å². The van der Waals surface area contributed by atoms with Crippen LogP contribution >= 0.6 is 0 Å². The summed E-state index contributed by atoms with van der Waals surface area (Å²) in [4.78, 5) is 0. The molecule has 1 heterocycles. The Bertz CT molecular complexity index is 349. The van der Waals surface area contributed by atoms with Gasteiger partial charge >= 0.3 is 0 Å². The number of rotatable bonds is 0. The highest BCUT2D eigenvalue weighted by Crippen LogP contribution is 2.11. The van der Waals surface area contributed by atoms with Gasteiger partial charge in [0.1, 0.15) is 12.5 Å². The molecule has 64 valence electrons. The molecule has 0 radical (unpaired) electrons. The maximum Gasteiger partial charge on any atom is 0.125 e. The molecular weight excluding hydrogens is 160 g/mol. The third kappa shape index (κ3) is 2.34. The fourth-order valence-electron chi connectivity index (χ4n) is 1.13. The van der Waals surface area contributed by atoms with Crippen LogP contribution in [0.2, 0.25) is 0 Å². The molecule has 0 unspecified atom stereocenters. The average molecular weight is 170 g/mol. The average Bonchev–Trinajstić information content (AvgIpc) is 3.05. The predicted molar refractivity (Wildman–Crippen MR) is 54.2 cm³/mol. The van der Waals surface area contributed by atoms with Crippen molar-refractivity contribution in [1.29, 1.82) is 0 Å². The Labute approximate surface area is 77.3 Å². The van der Waals surface area contributed by atoms with Crippen molar-refractivity contribution in [3.05, 3.63) is 61.1 Å². The van der Waals surface area contributed by atoms with Crippen LogP contribution in [0.15, 0.2) is 61.1 Å². The molecule has 1 nitrogen and oxygen atoms in total. The highest BCUT2D eigenvalue weighted by molar-refractivity contribution is 5.81. The van der Waals surface area contributed by atoms with Crippen molar-refractivity contribution in [2.45, 2.75) is 0 Å². The molecule has 0 aromatic heterocycles. The van der Waals surface area contributed by atoms with Gasteiger partial charge in [-0.15, -0.1) is 0 Å². The van der Waals surface area contributed by atoms with E-state index in [1.165, 1.54) is 10.8 Å². The first-order chi connectivity index (χ1) is 6.47. The Balaban J connectivity index is 0.000000185. The predicted octanol–water partition coefficient (Wildman–Crippen LogP) is 3.33. The number of hydrogen-bond donors (Lipinski definition) is 0. The molecule has 0 saturated carbocycles. The molecule has 3 rings (SSSR count). The molecule has 0 fully saturated rings. The first kappa shape index (κ1) is 7.87. The zero-order chi connectivity index (χ0) is 8.93. The molecular formula is C12H10O. The smallest absolute Gasteiger partial charge is 0.125 e. The third-order valence-corrected chi connectivity index (χ3v) is 1.79. The van der Waals surface area contributed by atoms with Crippen molar-refractivity contribution in [2.75, 3.05) is 0 Å². The molecule has 0 N–H and O–H groups in total. The lowest BCUT2D eigenvalue weighted by atomic mass is 10.1. The largest absolute Gasteiger partial charge is 0.466 e. The van der Waals surface area contributed by atoms with Gasteiger partial charge in [-0.2, -0.15) is 0 Å². The van der Waals surface area contributed by atoms with E-state index in [9.17, 15) is 0 Å². The summed E-state index contributed by atoms with van der Waals surface area (Å²) < 4.78 is 4.25. The second kappa shape index (κ2) is 3.76. The van der Waals surface area contributed by atoms with Gasteiger partial charge in [-0.3, -0.25) is 0 Å². The highest BCUT2D eigenvalue weighted by atomic mass is 16.5. The quantitative estimate of drug-likeness (QED) is 0.590. The molecule has 2 aromatic rings. The van der Waals surface area contributed by atoms with Gasteiger partial charge in [0.15, 0.2) is 0 Å². The first-order valence-electron chi connectivity index (χ1n) is 4.21. The van der Waals surface area contributed by atoms with Crippen molar-refractivity contribution >= 4 is 10.8 Å². The molecule has 0 bridgehead atoms. The number of fused-ring (bicyclic) bond motifs is 1. The topological polar surface area (TPSA) is 12.5 Å². The number of benzene rings is 2. The standard InChI is InChI=1S/C10H8.C2H2O/c1-2-6-10-8-4-3-7-9(10)5-1;1-2-3-1/h1-8H;1-2H. The Morgan fingerprint density at radius 2 is 0.923 bits per heavy atom. The van der Waals surface area contributed by atoms with Crippen LogP contribution in [0.5, 0.6) is 0 Å².